The fourth-order valence-electron chi connectivity index (χ4n) is 3.82. The van der Waals surface area contributed by atoms with Crippen molar-refractivity contribution in [2.45, 2.75) is 44.1 Å². The molecule has 0 unspecified atom stereocenters. The number of esters is 1. The van der Waals surface area contributed by atoms with Gasteiger partial charge in [0.2, 0.25) is 11.8 Å². The largest absolute Gasteiger partial charge is 0.467 e. The van der Waals surface area contributed by atoms with Gasteiger partial charge in [-0.3, -0.25) is 9.59 Å². The van der Waals surface area contributed by atoms with Crippen LogP contribution in [0.5, 0.6) is 0 Å². The van der Waals surface area contributed by atoms with Crippen LogP contribution in [0.1, 0.15) is 38.5 Å². The second-order valence-corrected chi connectivity index (χ2v) is 7.92. The molecule has 1 heterocycles. The summed E-state index contributed by atoms with van der Waals surface area (Å²) < 4.78 is 5.87. The number of carbonyl (C=O) groups excluding carboxylic acids is 3. The van der Waals surface area contributed by atoms with Crippen LogP contribution in [0.25, 0.3) is 0 Å². The van der Waals surface area contributed by atoms with E-state index in [9.17, 15) is 14.4 Å². The van der Waals surface area contributed by atoms with Crippen molar-refractivity contribution in [3.8, 4) is 0 Å². The van der Waals surface area contributed by atoms with E-state index >= 15 is 0 Å². The van der Waals surface area contributed by atoms with Gasteiger partial charge in [0.1, 0.15) is 5.54 Å². The number of nitrogens with one attached hydrogen (secondary N) is 1. The third kappa shape index (κ3) is 3.77. The number of carbonyl (C=O) groups is 3. The van der Waals surface area contributed by atoms with Crippen molar-refractivity contribution in [1.82, 2.24) is 5.32 Å². The molecule has 1 saturated carbocycles. The van der Waals surface area contributed by atoms with Crippen LogP contribution >= 0.6 is 15.9 Å². The molecule has 1 aliphatic heterocycles. The smallest absolute Gasteiger partial charge is 0.331 e. The quantitative estimate of drug-likeness (QED) is 0.756. The molecule has 1 saturated heterocycles. The third-order valence-corrected chi connectivity index (χ3v) is 5.81. The van der Waals surface area contributed by atoms with Crippen LogP contribution in [-0.2, 0) is 19.1 Å². The lowest BCUT2D eigenvalue weighted by atomic mass is 9.81. The van der Waals surface area contributed by atoms with Crippen LogP contribution in [0.4, 0.5) is 5.69 Å². The summed E-state index contributed by atoms with van der Waals surface area (Å²) in [4.78, 5) is 39.1. The number of ether oxygens (including phenoxy) is 1. The molecule has 0 aromatic heterocycles. The molecule has 0 radical (unpaired) electrons. The van der Waals surface area contributed by atoms with E-state index in [1.165, 1.54) is 7.11 Å². The Morgan fingerprint density at radius 1 is 1.19 bits per heavy atom. The zero-order chi connectivity index (χ0) is 18.7. The van der Waals surface area contributed by atoms with Gasteiger partial charge in [0.25, 0.3) is 0 Å². The van der Waals surface area contributed by atoms with Crippen molar-refractivity contribution in [3.05, 3.63) is 28.7 Å². The highest BCUT2D eigenvalue weighted by Gasteiger charge is 2.44. The molecule has 2 aliphatic rings. The SMILES string of the molecule is COC(=O)C1(NC(=O)[C@@H]2CC(=O)N(c3ccc(Br)cc3)C2)CCCCC1. The molecule has 1 atom stereocenters. The van der Waals surface area contributed by atoms with Gasteiger partial charge in [-0.15, -0.1) is 0 Å². The average molecular weight is 423 g/mol. The zero-order valence-corrected chi connectivity index (χ0v) is 16.4. The van der Waals surface area contributed by atoms with Crippen LogP contribution < -0.4 is 10.2 Å². The van der Waals surface area contributed by atoms with Gasteiger partial charge >= 0.3 is 5.97 Å². The number of benzene rings is 1. The lowest BCUT2D eigenvalue weighted by Gasteiger charge is -2.35. The first-order valence-electron chi connectivity index (χ1n) is 8.91. The average Bonchev–Trinajstić information content (AvgIpc) is 3.04. The molecule has 1 aromatic carbocycles. The number of halogens is 1. The van der Waals surface area contributed by atoms with Crippen LogP contribution in [-0.4, -0.2) is 37.0 Å². The van der Waals surface area contributed by atoms with Crippen molar-refractivity contribution in [1.29, 1.82) is 0 Å². The van der Waals surface area contributed by atoms with Crippen LogP contribution in [0, 0.1) is 5.92 Å². The predicted molar refractivity (Wildman–Crippen MR) is 101 cm³/mol. The van der Waals surface area contributed by atoms with E-state index in [0.29, 0.717) is 19.4 Å². The molecule has 26 heavy (non-hydrogen) atoms. The summed E-state index contributed by atoms with van der Waals surface area (Å²) in [5.41, 5.74) is -0.174. The highest BCUT2D eigenvalue weighted by Crippen LogP contribution is 2.31. The van der Waals surface area contributed by atoms with Gasteiger partial charge in [-0.05, 0) is 37.1 Å². The van der Waals surface area contributed by atoms with Crippen molar-refractivity contribution in [3.63, 3.8) is 0 Å². The highest BCUT2D eigenvalue weighted by atomic mass is 79.9. The number of nitrogens with zero attached hydrogens (tertiary/aromatic N) is 1. The van der Waals surface area contributed by atoms with Crippen LogP contribution in [0.15, 0.2) is 28.7 Å². The lowest BCUT2D eigenvalue weighted by Crippen LogP contribution is -2.57. The summed E-state index contributed by atoms with van der Waals surface area (Å²) in [5, 5.41) is 2.93. The van der Waals surface area contributed by atoms with Gasteiger partial charge in [0.15, 0.2) is 0 Å². The summed E-state index contributed by atoms with van der Waals surface area (Å²) >= 11 is 3.37. The number of anilines is 1. The first-order valence-corrected chi connectivity index (χ1v) is 9.71. The van der Waals surface area contributed by atoms with Gasteiger partial charge in [0, 0.05) is 23.1 Å². The maximum Gasteiger partial charge on any atom is 0.331 e. The normalized spacial score (nSPS) is 22.2. The Hall–Kier alpha value is -1.89. The number of amides is 2. The summed E-state index contributed by atoms with van der Waals surface area (Å²) in [7, 11) is 1.35. The number of hydrogen-bond acceptors (Lipinski definition) is 4. The van der Waals surface area contributed by atoms with E-state index in [4.69, 9.17) is 4.74 Å². The maximum absolute atomic E-state index is 12.8. The molecule has 2 fully saturated rings. The van der Waals surface area contributed by atoms with Gasteiger partial charge in [0.05, 0.1) is 13.0 Å². The second-order valence-electron chi connectivity index (χ2n) is 7.01. The lowest BCUT2D eigenvalue weighted by molar-refractivity contribution is -0.153. The van der Waals surface area contributed by atoms with Crippen molar-refractivity contribution < 1.29 is 19.1 Å². The molecule has 1 N–H and O–H groups in total. The molecule has 2 amide bonds. The topological polar surface area (TPSA) is 75.7 Å². The summed E-state index contributed by atoms with van der Waals surface area (Å²) in [6, 6.07) is 7.42. The Morgan fingerprint density at radius 2 is 1.85 bits per heavy atom. The minimum Gasteiger partial charge on any atom is -0.467 e. The van der Waals surface area contributed by atoms with E-state index in [1.54, 1.807) is 4.90 Å². The van der Waals surface area contributed by atoms with Crippen molar-refractivity contribution >= 4 is 39.4 Å². The maximum atomic E-state index is 12.8. The van der Waals surface area contributed by atoms with E-state index in [0.717, 1.165) is 29.4 Å². The Kier molecular flexibility index (Phi) is 5.65. The van der Waals surface area contributed by atoms with E-state index < -0.39 is 11.5 Å². The number of rotatable bonds is 4. The van der Waals surface area contributed by atoms with Gasteiger partial charge < -0.3 is 15.0 Å². The Bertz CT molecular complexity index is 698. The van der Waals surface area contributed by atoms with Gasteiger partial charge in [-0.2, -0.15) is 0 Å². The van der Waals surface area contributed by atoms with Crippen LogP contribution in [0.2, 0.25) is 0 Å². The second kappa shape index (κ2) is 7.78. The minimum atomic E-state index is -0.946. The van der Waals surface area contributed by atoms with Crippen LogP contribution in [0.3, 0.4) is 0 Å². The summed E-state index contributed by atoms with van der Waals surface area (Å²) in [5.74, 6) is -1.18. The Labute approximate surface area is 161 Å². The van der Waals surface area contributed by atoms with Crippen molar-refractivity contribution in [2.24, 2.45) is 5.92 Å². The third-order valence-electron chi connectivity index (χ3n) is 5.28. The predicted octanol–water partition coefficient (Wildman–Crippen LogP) is 2.79. The minimum absolute atomic E-state index is 0.0803. The van der Waals surface area contributed by atoms with E-state index in [1.807, 2.05) is 24.3 Å². The molecule has 0 spiro atoms. The molecule has 3 rings (SSSR count). The summed E-state index contributed by atoms with van der Waals surface area (Å²) in [6.45, 7) is 0.323. The highest BCUT2D eigenvalue weighted by molar-refractivity contribution is 9.10. The number of methoxy groups -OCH3 is 1. The molecule has 1 aliphatic carbocycles. The van der Waals surface area contributed by atoms with E-state index in [-0.39, 0.29) is 24.2 Å². The fourth-order valence-corrected chi connectivity index (χ4v) is 4.09. The van der Waals surface area contributed by atoms with Gasteiger partial charge in [-0.25, -0.2) is 4.79 Å². The Morgan fingerprint density at radius 3 is 2.46 bits per heavy atom. The first kappa shape index (κ1) is 18.9. The monoisotopic (exact) mass is 422 g/mol. The van der Waals surface area contributed by atoms with Gasteiger partial charge in [-0.1, -0.05) is 35.2 Å². The summed E-state index contributed by atoms with van der Waals surface area (Å²) in [6.07, 6.45) is 4.13. The zero-order valence-electron chi connectivity index (χ0n) is 14.8. The molecule has 140 valence electrons. The van der Waals surface area contributed by atoms with E-state index in [2.05, 4.69) is 21.2 Å². The number of hydrogen-bond donors (Lipinski definition) is 1. The van der Waals surface area contributed by atoms with Crippen molar-refractivity contribution in [2.75, 3.05) is 18.6 Å². The molecule has 6 nitrogen and oxygen atoms in total. The fraction of sp³-hybridized carbons (Fsp3) is 0.526. The molecule has 0 bridgehead atoms. The molecular formula is C19H23BrN2O4. The standard InChI is InChI=1S/C19H23BrN2O4/c1-26-18(25)19(9-3-2-4-10-19)21-17(24)13-11-16(23)22(12-13)15-7-5-14(20)6-8-15/h5-8,13H,2-4,9-12H2,1H3,(H,21,24)/t13-/m1/s1. The molecular weight excluding hydrogens is 400 g/mol. The molecule has 1 aromatic rings. The molecule has 7 heteroatoms. The first-order chi connectivity index (χ1) is 12.4. The Balaban J connectivity index is 1.71.